The monoisotopic (exact) mass is 303 g/mol. The Bertz CT molecular complexity index is 404. The molecule has 5 heteroatoms. The summed E-state index contributed by atoms with van der Waals surface area (Å²) in [6.07, 6.45) is 0.201. The minimum Gasteiger partial charge on any atom is -0.395 e. The first-order valence-electron chi connectivity index (χ1n) is 5.46. The largest absolute Gasteiger partial charge is 0.395 e. The van der Waals surface area contributed by atoms with Gasteiger partial charge in [0.1, 0.15) is 5.76 Å². The number of hydrogen-bond acceptors (Lipinski definition) is 4. The molecule has 0 saturated carbocycles. The maximum absolute atomic E-state index is 11.8. The number of carbonyl (C=O) groups excluding carboxylic acids is 1. The van der Waals surface area contributed by atoms with Gasteiger partial charge in [-0.05, 0) is 13.8 Å². The van der Waals surface area contributed by atoms with Crippen molar-refractivity contribution in [2.75, 3.05) is 6.61 Å². The van der Waals surface area contributed by atoms with Crippen LogP contribution in [0.2, 0.25) is 0 Å². The minimum absolute atomic E-state index is 0.0170. The Hall–Kier alpha value is -0.680. The summed E-state index contributed by atoms with van der Waals surface area (Å²) >= 11 is 3.31. The number of aromatic nitrogens is 1. The summed E-state index contributed by atoms with van der Waals surface area (Å²) in [5.41, 5.74) is 0.213. The predicted molar refractivity (Wildman–Crippen MR) is 68.3 cm³/mol. The molecule has 1 aromatic rings. The standard InChI is InChI=1S/C12H18BrNO3/c1-11(2,7-15)9-5-8(17-14-9)6-10(16)12(3,4)13/h5,15H,6-7H2,1-4H3. The van der Waals surface area contributed by atoms with Crippen LogP contribution in [0.15, 0.2) is 10.6 Å². The van der Waals surface area contributed by atoms with Crippen LogP contribution in [0.4, 0.5) is 0 Å². The zero-order valence-electron chi connectivity index (χ0n) is 10.6. The highest BCUT2D eigenvalue weighted by molar-refractivity contribution is 9.10. The number of nitrogens with zero attached hydrogens (tertiary/aromatic N) is 1. The number of rotatable bonds is 5. The number of ketones is 1. The lowest BCUT2D eigenvalue weighted by molar-refractivity contribution is -0.120. The van der Waals surface area contributed by atoms with Crippen molar-refractivity contribution in [3.05, 3.63) is 17.5 Å². The van der Waals surface area contributed by atoms with Crippen molar-refractivity contribution in [3.63, 3.8) is 0 Å². The molecular formula is C12H18BrNO3. The highest BCUT2D eigenvalue weighted by atomic mass is 79.9. The third-order valence-corrected chi connectivity index (χ3v) is 3.09. The van der Waals surface area contributed by atoms with Gasteiger partial charge in [0.05, 0.1) is 23.0 Å². The van der Waals surface area contributed by atoms with Crippen molar-refractivity contribution >= 4 is 21.7 Å². The quantitative estimate of drug-likeness (QED) is 0.847. The van der Waals surface area contributed by atoms with Crippen LogP contribution in [0.1, 0.15) is 39.1 Å². The van der Waals surface area contributed by atoms with Gasteiger partial charge in [-0.3, -0.25) is 4.79 Å². The van der Waals surface area contributed by atoms with E-state index in [4.69, 9.17) is 4.52 Å². The summed E-state index contributed by atoms with van der Waals surface area (Å²) in [4.78, 5) is 11.8. The average Bonchev–Trinajstić information content (AvgIpc) is 2.65. The Labute approximate surface area is 110 Å². The molecule has 0 aliphatic rings. The molecule has 0 amide bonds. The van der Waals surface area contributed by atoms with Gasteiger partial charge in [0.25, 0.3) is 0 Å². The normalized spacial score (nSPS) is 12.8. The lowest BCUT2D eigenvalue weighted by Gasteiger charge is -2.17. The minimum atomic E-state index is -0.563. The SMILES string of the molecule is CC(C)(Br)C(=O)Cc1cc(C(C)(C)CO)no1. The van der Waals surface area contributed by atoms with Crippen molar-refractivity contribution in [2.24, 2.45) is 0 Å². The first-order chi connectivity index (χ1) is 7.66. The second-order valence-corrected chi connectivity index (χ2v) is 7.28. The molecule has 0 spiro atoms. The van der Waals surface area contributed by atoms with Crippen LogP contribution in [0, 0.1) is 0 Å². The molecular weight excluding hydrogens is 286 g/mol. The van der Waals surface area contributed by atoms with E-state index < -0.39 is 9.74 Å². The fourth-order valence-corrected chi connectivity index (χ4v) is 1.30. The van der Waals surface area contributed by atoms with Crippen LogP contribution >= 0.6 is 15.9 Å². The topological polar surface area (TPSA) is 63.3 Å². The maximum Gasteiger partial charge on any atom is 0.156 e. The van der Waals surface area contributed by atoms with E-state index in [0.717, 1.165) is 0 Å². The van der Waals surface area contributed by atoms with Gasteiger partial charge in [0.2, 0.25) is 0 Å². The number of halogens is 1. The molecule has 0 unspecified atom stereocenters. The molecule has 4 nitrogen and oxygen atoms in total. The van der Waals surface area contributed by atoms with Crippen LogP contribution < -0.4 is 0 Å². The first-order valence-corrected chi connectivity index (χ1v) is 6.25. The van der Waals surface area contributed by atoms with Gasteiger partial charge in [-0.15, -0.1) is 0 Å². The molecule has 1 N–H and O–H groups in total. The first kappa shape index (κ1) is 14.4. The number of carbonyl (C=O) groups is 1. The zero-order chi connectivity index (χ0) is 13.3. The molecule has 0 radical (unpaired) electrons. The van der Waals surface area contributed by atoms with Crippen LogP contribution in [0.5, 0.6) is 0 Å². The summed E-state index contributed by atoms with van der Waals surface area (Å²) in [5.74, 6) is 0.557. The van der Waals surface area contributed by atoms with Crippen LogP contribution in [0.3, 0.4) is 0 Å². The Morgan fingerprint density at radius 2 is 2.06 bits per heavy atom. The van der Waals surface area contributed by atoms with E-state index in [2.05, 4.69) is 21.1 Å². The third kappa shape index (κ3) is 3.64. The Balaban J connectivity index is 2.80. The fourth-order valence-electron chi connectivity index (χ4n) is 1.16. The highest BCUT2D eigenvalue weighted by Gasteiger charge is 2.27. The van der Waals surface area contributed by atoms with E-state index in [1.54, 1.807) is 19.9 Å². The molecule has 0 atom stereocenters. The van der Waals surface area contributed by atoms with Crippen LogP contribution in [0.25, 0.3) is 0 Å². The van der Waals surface area contributed by atoms with Crippen molar-refractivity contribution in [3.8, 4) is 0 Å². The average molecular weight is 304 g/mol. The van der Waals surface area contributed by atoms with E-state index in [9.17, 15) is 9.90 Å². The zero-order valence-corrected chi connectivity index (χ0v) is 12.2. The summed E-state index contributed by atoms with van der Waals surface area (Å²) in [6.45, 7) is 7.31. The Morgan fingerprint density at radius 1 is 1.47 bits per heavy atom. The number of alkyl halides is 1. The Morgan fingerprint density at radius 3 is 2.53 bits per heavy atom. The van der Waals surface area contributed by atoms with Crippen molar-refractivity contribution in [1.82, 2.24) is 5.16 Å². The molecule has 1 aromatic heterocycles. The molecule has 0 aliphatic carbocycles. The molecule has 0 fully saturated rings. The van der Waals surface area contributed by atoms with Gasteiger partial charge in [-0.1, -0.05) is 34.9 Å². The summed E-state index contributed by atoms with van der Waals surface area (Å²) in [5, 5.41) is 13.1. The van der Waals surface area contributed by atoms with E-state index >= 15 is 0 Å². The van der Waals surface area contributed by atoms with Crippen molar-refractivity contribution in [1.29, 1.82) is 0 Å². The lowest BCUT2D eigenvalue weighted by Crippen LogP contribution is -2.25. The van der Waals surface area contributed by atoms with Gasteiger partial charge < -0.3 is 9.63 Å². The molecule has 0 saturated heterocycles. The molecule has 17 heavy (non-hydrogen) atoms. The van der Waals surface area contributed by atoms with E-state index in [1.807, 2.05) is 13.8 Å². The summed E-state index contributed by atoms with van der Waals surface area (Å²) in [6, 6.07) is 1.73. The second kappa shape index (κ2) is 4.90. The van der Waals surface area contributed by atoms with E-state index in [1.165, 1.54) is 0 Å². The molecule has 1 rings (SSSR count). The maximum atomic E-state index is 11.8. The van der Waals surface area contributed by atoms with Crippen LogP contribution in [-0.4, -0.2) is 27.0 Å². The molecule has 0 aliphatic heterocycles. The number of hydrogen-bond donors (Lipinski definition) is 1. The van der Waals surface area contributed by atoms with Crippen molar-refractivity contribution in [2.45, 2.75) is 43.9 Å². The van der Waals surface area contributed by atoms with Gasteiger partial charge in [0, 0.05) is 11.5 Å². The van der Waals surface area contributed by atoms with Gasteiger partial charge in [0.15, 0.2) is 5.78 Å². The molecule has 0 bridgehead atoms. The highest BCUT2D eigenvalue weighted by Crippen LogP contribution is 2.24. The molecule has 0 aromatic carbocycles. The lowest BCUT2D eigenvalue weighted by atomic mass is 9.90. The third-order valence-electron chi connectivity index (χ3n) is 2.65. The smallest absolute Gasteiger partial charge is 0.156 e. The molecule has 1 heterocycles. The van der Waals surface area contributed by atoms with Crippen molar-refractivity contribution < 1.29 is 14.4 Å². The predicted octanol–water partition coefficient (Wildman–Crippen LogP) is 2.23. The molecule has 96 valence electrons. The van der Waals surface area contributed by atoms with E-state index in [0.29, 0.717) is 11.5 Å². The van der Waals surface area contributed by atoms with E-state index in [-0.39, 0.29) is 18.8 Å². The summed E-state index contributed by atoms with van der Waals surface area (Å²) in [7, 11) is 0. The number of aliphatic hydroxyl groups is 1. The fraction of sp³-hybridized carbons (Fsp3) is 0.667. The van der Waals surface area contributed by atoms with Gasteiger partial charge in [-0.25, -0.2) is 0 Å². The van der Waals surface area contributed by atoms with Crippen LogP contribution in [-0.2, 0) is 16.6 Å². The second-order valence-electron chi connectivity index (χ2n) is 5.29. The number of Topliss-reactive ketones (excluding diaryl/α,β-unsaturated/α-hetero) is 1. The van der Waals surface area contributed by atoms with Gasteiger partial charge >= 0.3 is 0 Å². The van der Waals surface area contributed by atoms with Gasteiger partial charge in [-0.2, -0.15) is 0 Å². The summed E-state index contributed by atoms with van der Waals surface area (Å²) < 4.78 is 4.55. The Kier molecular flexibility index (Phi) is 4.15. The number of aliphatic hydroxyl groups excluding tert-OH is 1.